The molecule has 98 valence electrons. The van der Waals surface area contributed by atoms with Gasteiger partial charge in [-0.25, -0.2) is 0 Å². The first-order valence-electron chi connectivity index (χ1n) is 6.64. The van der Waals surface area contributed by atoms with E-state index in [-0.39, 0.29) is 0 Å². The summed E-state index contributed by atoms with van der Waals surface area (Å²) in [4.78, 5) is 0. The number of methoxy groups -OCH3 is 1. The molecule has 3 heterocycles. The van der Waals surface area contributed by atoms with Crippen LogP contribution in [0.4, 0.5) is 0 Å². The summed E-state index contributed by atoms with van der Waals surface area (Å²) in [5, 5.41) is 2.45. The maximum Gasteiger partial charge on any atom is 0.229 e. The molecule has 0 aliphatic heterocycles. The second-order valence-electron chi connectivity index (χ2n) is 5.06. The average molecular weight is 263 g/mol. The summed E-state index contributed by atoms with van der Waals surface area (Å²) < 4.78 is 9.72. The molecule has 3 nitrogen and oxygen atoms in total. The van der Waals surface area contributed by atoms with Gasteiger partial charge in [-0.05, 0) is 30.3 Å². The maximum atomic E-state index is 5.33. The summed E-state index contributed by atoms with van der Waals surface area (Å²) in [6.45, 7) is 0. The Hall–Kier alpha value is -2.55. The molecule has 0 spiro atoms. The number of aryl methyl sites for hydroxylation is 1. The van der Waals surface area contributed by atoms with Gasteiger partial charge in [-0.2, -0.15) is 4.57 Å². The minimum atomic E-state index is 0.893. The van der Waals surface area contributed by atoms with E-state index < -0.39 is 0 Å². The van der Waals surface area contributed by atoms with Gasteiger partial charge < -0.3 is 9.14 Å². The van der Waals surface area contributed by atoms with Gasteiger partial charge in [0.05, 0.1) is 12.6 Å². The van der Waals surface area contributed by atoms with Gasteiger partial charge >= 0.3 is 0 Å². The molecule has 0 amide bonds. The lowest BCUT2D eigenvalue weighted by atomic mass is 10.2. The van der Waals surface area contributed by atoms with Crippen molar-refractivity contribution in [3.05, 3.63) is 54.9 Å². The van der Waals surface area contributed by atoms with Gasteiger partial charge in [-0.15, -0.1) is 0 Å². The summed E-state index contributed by atoms with van der Waals surface area (Å²) in [6.07, 6.45) is 4.26. The third-order valence-electron chi connectivity index (χ3n) is 3.93. The molecule has 0 bridgehead atoms. The smallest absolute Gasteiger partial charge is 0.229 e. The Kier molecular flexibility index (Phi) is 2.24. The van der Waals surface area contributed by atoms with Crippen LogP contribution >= 0.6 is 0 Å². The molecular formula is C17H15N2O+. The van der Waals surface area contributed by atoms with E-state index in [4.69, 9.17) is 4.74 Å². The Labute approximate surface area is 116 Å². The fraction of sp³-hybridized carbons (Fsp3) is 0.118. The van der Waals surface area contributed by atoms with Crippen molar-refractivity contribution >= 4 is 27.3 Å². The van der Waals surface area contributed by atoms with Crippen molar-refractivity contribution in [3.63, 3.8) is 0 Å². The van der Waals surface area contributed by atoms with Gasteiger partial charge in [0.1, 0.15) is 18.3 Å². The Balaban J connectivity index is 2.21. The first kappa shape index (κ1) is 11.3. The highest BCUT2D eigenvalue weighted by Crippen LogP contribution is 2.28. The highest BCUT2D eigenvalue weighted by molar-refractivity contribution is 6.00. The van der Waals surface area contributed by atoms with Gasteiger partial charge in [-0.3, -0.25) is 0 Å². The molecule has 20 heavy (non-hydrogen) atoms. The van der Waals surface area contributed by atoms with Crippen molar-refractivity contribution in [3.8, 4) is 5.75 Å². The van der Waals surface area contributed by atoms with Gasteiger partial charge in [-0.1, -0.05) is 0 Å². The number of fused-ring (bicyclic) bond motifs is 5. The zero-order chi connectivity index (χ0) is 13.7. The maximum absolute atomic E-state index is 5.33. The van der Waals surface area contributed by atoms with Crippen LogP contribution in [0, 0.1) is 0 Å². The van der Waals surface area contributed by atoms with E-state index in [2.05, 4.69) is 64.8 Å². The number of nitrogens with zero attached hydrogens (tertiary/aromatic N) is 2. The standard InChI is InChI=1S/C17H15N2O/c1-18-9-3-4-17-16(18)8-7-15-14-10-13(20-2)6-5-12(14)11-19(15)17/h3-11H,1-2H3/q+1. The molecule has 3 aromatic heterocycles. The first-order chi connectivity index (χ1) is 9.78. The van der Waals surface area contributed by atoms with Crippen molar-refractivity contribution in [1.29, 1.82) is 0 Å². The number of ether oxygens (including phenoxy) is 1. The third-order valence-corrected chi connectivity index (χ3v) is 3.93. The van der Waals surface area contributed by atoms with E-state index in [1.807, 2.05) is 6.07 Å². The Morgan fingerprint density at radius 1 is 1.05 bits per heavy atom. The number of aromatic nitrogens is 2. The Morgan fingerprint density at radius 2 is 1.95 bits per heavy atom. The minimum absolute atomic E-state index is 0.893. The average Bonchev–Trinajstić information content (AvgIpc) is 2.85. The highest BCUT2D eigenvalue weighted by Gasteiger charge is 2.11. The van der Waals surface area contributed by atoms with E-state index in [1.165, 1.54) is 27.3 Å². The van der Waals surface area contributed by atoms with E-state index in [0.29, 0.717) is 0 Å². The number of hydrogen-bond acceptors (Lipinski definition) is 1. The predicted molar refractivity (Wildman–Crippen MR) is 80.1 cm³/mol. The number of hydrogen-bond donors (Lipinski definition) is 0. The zero-order valence-corrected chi connectivity index (χ0v) is 11.5. The molecule has 0 N–H and O–H groups in total. The molecule has 0 fully saturated rings. The first-order valence-corrected chi connectivity index (χ1v) is 6.64. The molecule has 0 aliphatic carbocycles. The van der Waals surface area contributed by atoms with Gasteiger partial charge in [0.15, 0.2) is 6.20 Å². The second-order valence-corrected chi connectivity index (χ2v) is 5.06. The molecule has 0 aliphatic rings. The molecule has 0 unspecified atom stereocenters. The van der Waals surface area contributed by atoms with Crippen molar-refractivity contribution in [1.82, 2.24) is 4.40 Å². The number of pyridine rings is 2. The van der Waals surface area contributed by atoms with Gasteiger partial charge in [0, 0.05) is 29.1 Å². The zero-order valence-electron chi connectivity index (χ0n) is 11.5. The highest BCUT2D eigenvalue weighted by atomic mass is 16.5. The summed E-state index contributed by atoms with van der Waals surface area (Å²) in [5.41, 5.74) is 3.63. The molecule has 0 saturated heterocycles. The minimum Gasteiger partial charge on any atom is -0.497 e. The summed E-state index contributed by atoms with van der Waals surface area (Å²) in [6, 6.07) is 14.8. The van der Waals surface area contributed by atoms with Crippen molar-refractivity contribution < 1.29 is 9.30 Å². The lowest BCUT2D eigenvalue weighted by molar-refractivity contribution is -0.645. The van der Waals surface area contributed by atoms with Crippen LogP contribution in [0.15, 0.2) is 54.9 Å². The van der Waals surface area contributed by atoms with E-state index in [0.717, 1.165) is 5.75 Å². The topological polar surface area (TPSA) is 17.5 Å². The van der Waals surface area contributed by atoms with Crippen LogP contribution in [0.2, 0.25) is 0 Å². The Morgan fingerprint density at radius 3 is 2.80 bits per heavy atom. The normalized spacial score (nSPS) is 11.5. The fourth-order valence-corrected chi connectivity index (χ4v) is 2.88. The monoisotopic (exact) mass is 263 g/mol. The van der Waals surface area contributed by atoms with Crippen LogP contribution < -0.4 is 9.30 Å². The van der Waals surface area contributed by atoms with Crippen molar-refractivity contribution in [2.75, 3.05) is 7.11 Å². The SMILES string of the molecule is COc1ccc2cn3c(ccc4c3ccc[n+]4C)c2c1. The molecule has 0 saturated carbocycles. The molecule has 3 heteroatoms. The van der Waals surface area contributed by atoms with Crippen LogP contribution in [-0.4, -0.2) is 11.5 Å². The van der Waals surface area contributed by atoms with Crippen LogP contribution in [-0.2, 0) is 7.05 Å². The van der Waals surface area contributed by atoms with Crippen molar-refractivity contribution in [2.24, 2.45) is 7.05 Å². The Bertz CT molecular complexity index is 953. The van der Waals surface area contributed by atoms with Crippen molar-refractivity contribution in [2.45, 2.75) is 0 Å². The molecule has 1 aromatic carbocycles. The van der Waals surface area contributed by atoms with E-state index >= 15 is 0 Å². The third kappa shape index (κ3) is 1.43. The predicted octanol–water partition coefficient (Wildman–Crippen LogP) is 3.08. The fourth-order valence-electron chi connectivity index (χ4n) is 2.88. The largest absolute Gasteiger partial charge is 0.497 e. The molecule has 4 aromatic rings. The summed E-state index contributed by atoms with van der Waals surface area (Å²) >= 11 is 0. The van der Waals surface area contributed by atoms with Crippen LogP contribution in [0.5, 0.6) is 5.75 Å². The van der Waals surface area contributed by atoms with Crippen LogP contribution in [0.3, 0.4) is 0 Å². The molecule has 0 radical (unpaired) electrons. The number of rotatable bonds is 1. The van der Waals surface area contributed by atoms with E-state index in [9.17, 15) is 0 Å². The summed E-state index contributed by atoms with van der Waals surface area (Å²) in [7, 11) is 3.77. The molecule has 0 atom stereocenters. The summed E-state index contributed by atoms with van der Waals surface area (Å²) in [5.74, 6) is 0.893. The van der Waals surface area contributed by atoms with Crippen LogP contribution in [0.25, 0.3) is 27.3 Å². The second kappa shape index (κ2) is 3.97. The lowest BCUT2D eigenvalue weighted by Crippen LogP contribution is -2.28. The van der Waals surface area contributed by atoms with Gasteiger partial charge in [0.25, 0.3) is 0 Å². The molecular weight excluding hydrogens is 248 g/mol. The number of benzene rings is 1. The van der Waals surface area contributed by atoms with E-state index in [1.54, 1.807) is 7.11 Å². The lowest BCUT2D eigenvalue weighted by Gasteiger charge is -2.01. The molecule has 4 rings (SSSR count). The quantitative estimate of drug-likeness (QED) is 0.482. The van der Waals surface area contributed by atoms with Gasteiger partial charge in [0.2, 0.25) is 5.52 Å². The van der Waals surface area contributed by atoms with Crippen LogP contribution in [0.1, 0.15) is 0 Å².